The number of amides is 1. The Morgan fingerprint density at radius 3 is 2.74 bits per heavy atom. The molecule has 1 spiro atoms. The van der Waals surface area contributed by atoms with Crippen LogP contribution in [0.5, 0.6) is 5.75 Å². The monoisotopic (exact) mass is 546 g/mol. The van der Waals surface area contributed by atoms with E-state index < -0.39 is 15.9 Å². The molecule has 0 radical (unpaired) electrons. The van der Waals surface area contributed by atoms with E-state index in [2.05, 4.69) is 18.8 Å². The summed E-state index contributed by atoms with van der Waals surface area (Å²) in [6.07, 6.45) is 6.35. The molecule has 3 aliphatic rings. The SMILES string of the molecule is Cc1oc(-c2ccccc2)nc1CCOc1cccc(/C=C/C(=O)N2C3CC4CC[C@]3(CS2(=O)=O)C4(C)C)c1. The van der Waals surface area contributed by atoms with Gasteiger partial charge in [-0.05, 0) is 73.4 Å². The summed E-state index contributed by atoms with van der Waals surface area (Å²) < 4.78 is 39.3. The Labute approximate surface area is 229 Å². The third-order valence-corrected chi connectivity index (χ3v) is 11.3. The molecule has 204 valence electrons. The van der Waals surface area contributed by atoms with Gasteiger partial charge >= 0.3 is 0 Å². The van der Waals surface area contributed by atoms with E-state index in [-0.39, 0.29) is 22.6 Å². The minimum absolute atomic E-state index is 0.0667. The summed E-state index contributed by atoms with van der Waals surface area (Å²) >= 11 is 0. The maximum Gasteiger partial charge on any atom is 0.260 e. The molecule has 8 heteroatoms. The number of fused-ring (bicyclic) bond motifs is 1. The average Bonchev–Trinajstić information content (AvgIpc) is 3.54. The van der Waals surface area contributed by atoms with E-state index in [9.17, 15) is 13.2 Å². The summed E-state index contributed by atoms with van der Waals surface area (Å²) in [5.41, 5.74) is 2.16. The van der Waals surface area contributed by atoms with Gasteiger partial charge in [0.05, 0.1) is 24.1 Å². The van der Waals surface area contributed by atoms with E-state index in [4.69, 9.17) is 9.15 Å². The number of oxazole rings is 1. The number of aromatic nitrogens is 1. The normalized spacial score (nSPS) is 26.3. The molecule has 2 unspecified atom stereocenters. The van der Waals surface area contributed by atoms with Crippen molar-refractivity contribution in [3.05, 3.63) is 77.7 Å². The van der Waals surface area contributed by atoms with Crippen molar-refractivity contribution >= 4 is 22.0 Å². The number of ether oxygens (including phenoxy) is 1. The number of hydrogen-bond donors (Lipinski definition) is 0. The second kappa shape index (κ2) is 9.37. The van der Waals surface area contributed by atoms with Crippen molar-refractivity contribution in [1.82, 2.24) is 9.29 Å². The second-order valence-corrected chi connectivity index (χ2v) is 13.5. The number of carbonyl (C=O) groups is 1. The molecule has 3 aromatic rings. The van der Waals surface area contributed by atoms with Gasteiger partial charge in [0.2, 0.25) is 15.9 Å². The van der Waals surface area contributed by atoms with Gasteiger partial charge < -0.3 is 9.15 Å². The van der Waals surface area contributed by atoms with E-state index in [0.29, 0.717) is 30.6 Å². The number of rotatable bonds is 7. The maximum absolute atomic E-state index is 13.2. The summed E-state index contributed by atoms with van der Waals surface area (Å²) in [6, 6.07) is 17.0. The summed E-state index contributed by atoms with van der Waals surface area (Å²) in [6.45, 7) is 6.68. The zero-order valence-corrected chi connectivity index (χ0v) is 23.4. The fourth-order valence-corrected chi connectivity index (χ4v) is 9.67. The number of nitrogens with zero attached hydrogens (tertiary/aromatic N) is 2. The Balaban J connectivity index is 1.10. The average molecular weight is 547 g/mol. The molecule has 1 aromatic heterocycles. The molecule has 3 atom stereocenters. The predicted octanol–water partition coefficient (Wildman–Crippen LogP) is 5.65. The number of aryl methyl sites for hydroxylation is 1. The molecular weight excluding hydrogens is 512 g/mol. The van der Waals surface area contributed by atoms with Crippen molar-refractivity contribution in [3.63, 3.8) is 0 Å². The van der Waals surface area contributed by atoms with Crippen molar-refractivity contribution in [2.24, 2.45) is 16.7 Å². The highest BCUT2D eigenvalue weighted by Crippen LogP contribution is 2.70. The Morgan fingerprint density at radius 2 is 1.97 bits per heavy atom. The van der Waals surface area contributed by atoms with Crippen LogP contribution in [0.2, 0.25) is 0 Å². The Hall–Kier alpha value is -3.39. The zero-order valence-electron chi connectivity index (χ0n) is 22.6. The molecule has 2 aromatic carbocycles. The van der Waals surface area contributed by atoms with Crippen molar-refractivity contribution in [1.29, 1.82) is 0 Å². The number of sulfonamides is 1. The predicted molar refractivity (Wildman–Crippen MR) is 149 cm³/mol. The Bertz CT molecular complexity index is 1540. The molecule has 7 nitrogen and oxygen atoms in total. The molecule has 3 fully saturated rings. The van der Waals surface area contributed by atoms with Gasteiger partial charge in [0.15, 0.2) is 0 Å². The summed E-state index contributed by atoms with van der Waals surface area (Å²) in [4.78, 5) is 17.8. The Morgan fingerprint density at radius 1 is 1.18 bits per heavy atom. The molecule has 1 amide bonds. The molecule has 2 aliphatic carbocycles. The van der Waals surface area contributed by atoms with E-state index in [1.54, 1.807) is 6.08 Å². The first-order valence-corrected chi connectivity index (χ1v) is 15.2. The fourth-order valence-electron chi connectivity index (χ4n) is 7.16. The lowest BCUT2D eigenvalue weighted by Crippen LogP contribution is -2.43. The molecule has 2 saturated carbocycles. The topological polar surface area (TPSA) is 89.7 Å². The van der Waals surface area contributed by atoms with Crippen LogP contribution in [0.25, 0.3) is 17.5 Å². The summed E-state index contributed by atoms with van der Waals surface area (Å²) in [5.74, 6) is 2.12. The van der Waals surface area contributed by atoms with Crippen LogP contribution in [-0.2, 0) is 21.2 Å². The van der Waals surface area contributed by atoms with Crippen molar-refractivity contribution in [2.45, 2.75) is 52.5 Å². The fraction of sp³-hybridized carbons (Fsp3) is 0.419. The molecule has 39 heavy (non-hydrogen) atoms. The van der Waals surface area contributed by atoms with Crippen LogP contribution in [0.1, 0.15) is 50.1 Å². The van der Waals surface area contributed by atoms with Gasteiger partial charge in [-0.15, -0.1) is 0 Å². The molecule has 2 bridgehead atoms. The van der Waals surface area contributed by atoms with Gasteiger partial charge in [-0.2, -0.15) is 0 Å². The van der Waals surface area contributed by atoms with Crippen LogP contribution in [-0.4, -0.2) is 42.0 Å². The molecular formula is C31H34N2O5S. The third kappa shape index (κ3) is 4.29. The first kappa shape index (κ1) is 25.9. The third-order valence-electron chi connectivity index (χ3n) is 9.43. The highest BCUT2D eigenvalue weighted by atomic mass is 32.2. The molecule has 1 aliphatic heterocycles. The summed E-state index contributed by atoms with van der Waals surface area (Å²) in [7, 11) is -3.64. The van der Waals surface area contributed by atoms with E-state index in [1.807, 2.05) is 61.5 Å². The van der Waals surface area contributed by atoms with Crippen molar-refractivity contribution < 1.29 is 22.4 Å². The van der Waals surface area contributed by atoms with Gasteiger partial charge in [0.25, 0.3) is 5.91 Å². The van der Waals surface area contributed by atoms with Crippen LogP contribution >= 0.6 is 0 Å². The van der Waals surface area contributed by atoms with Gasteiger partial charge in [-0.25, -0.2) is 17.7 Å². The van der Waals surface area contributed by atoms with Crippen LogP contribution in [0, 0.1) is 23.7 Å². The highest BCUT2D eigenvalue weighted by Gasteiger charge is 2.72. The van der Waals surface area contributed by atoms with Gasteiger partial charge in [0.1, 0.15) is 11.5 Å². The number of benzene rings is 2. The number of hydrogen-bond acceptors (Lipinski definition) is 6. The molecule has 0 N–H and O–H groups in total. The van der Waals surface area contributed by atoms with Crippen LogP contribution in [0.4, 0.5) is 0 Å². The van der Waals surface area contributed by atoms with E-state index in [0.717, 1.165) is 41.8 Å². The molecule has 2 heterocycles. The van der Waals surface area contributed by atoms with Crippen molar-refractivity contribution in [2.75, 3.05) is 12.4 Å². The van der Waals surface area contributed by atoms with Crippen LogP contribution in [0.3, 0.4) is 0 Å². The quantitative estimate of drug-likeness (QED) is 0.356. The number of carbonyl (C=O) groups excluding carboxylic acids is 1. The van der Waals surface area contributed by atoms with Gasteiger partial charge in [0, 0.05) is 23.5 Å². The van der Waals surface area contributed by atoms with Crippen molar-refractivity contribution in [3.8, 4) is 17.2 Å². The van der Waals surface area contributed by atoms with Crippen LogP contribution < -0.4 is 4.74 Å². The maximum atomic E-state index is 13.2. The van der Waals surface area contributed by atoms with Gasteiger partial charge in [-0.1, -0.05) is 44.2 Å². The largest absolute Gasteiger partial charge is 0.493 e. The zero-order chi connectivity index (χ0) is 27.4. The first-order chi connectivity index (χ1) is 18.6. The highest BCUT2D eigenvalue weighted by molar-refractivity contribution is 7.90. The smallest absolute Gasteiger partial charge is 0.260 e. The van der Waals surface area contributed by atoms with E-state index >= 15 is 0 Å². The lowest BCUT2D eigenvalue weighted by atomic mass is 9.69. The molecule has 1 saturated heterocycles. The lowest BCUT2D eigenvalue weighted by Gasteiger charge is -2.36. The minimum Gasteiger partial charge on any atom is -0.493 e. The lowest BCUT2D eigenvalue weighted by molar-refractivity contribution is -0.123. The molecule has 6 rings (SSSR count). The van der Waals surface area contributed by atoms with Crippen LogP contribution in [0.15, 0.2) is 65.1 Å². The Kier molecular flexibility index (Phi) is 6.21. The standard InChI is InChI=1S/C31H34N2O5S/c1-21-26(32-29(38-21)23-9-5-4-6-10-23)15-17-37-25-11-7-8-22(18-25)12-13-28(34)33-27-19-24-14-16-31(27,30(24,2)3)20-39(33,35)36/h4-13,18,24,27H,14-17,19-20H2,1-3H3/b13-12+/t24?,27?,31-/m1/s1. The summed E-state index contributed by atoms with van der Waals surface area (Å²) in [5, 5.41) is 0. The van der Waals surface area contributed by atoms with E-state index in [1.165, 1.54) is 10.4 Å². The first-order valence-electron chi connectivity index (χ1n) is 13.6. The van der Waals surface area contributed by atoms with Gasteiger partial charge in [-0.3, -0.25) is 4.79 Å². The second-order valence-electron chi connectivity index (χ2n) is 11.6. The minimum atomic E-state index is -3.64.